The van der Waals surface area contributed by atoms with E-state index in [4.69, 9.17) is 13.3 Å². The molecular weight excluding hydrogens is 687 g/mol. The molecule has 0 fully saturated rings. The third kappa shape index (κ3) is 12.1. The first kappa shape index (κ1) is 45.8. The Labute approximate surface area is 317 Å². The molecule has 0 saturated heterocycles. The second-order valence-electron chi connectivity index (χ2n) is 18.7. The second-order valence-corrected chi connectivity index (χ2v) is 28.2. The first-order valence-corrected chi connectivity index (χ1v) is 24.9. The number of aromatic nitrogens is 1. The van der Waals surface area contributed by atoms with Crippen LogP contribution < -0.4 is 0 Å². The summed E-state index contributed by atoms with van der Waals surface area (Å²) in [4.78, 5) is 31.5. The molecular formula is C42H71NO7Si2. The smallest absolute Gasteiger partial charge is 0.305 e. The van der Waals surface area contributed by atoms with Crippen molar-refractivity contribution in [3.8, 4) is 0 Å². The van der Waals surface area contributed by atoms with E-state index in [-0.39, 0.29) is 34.3 Å². The summed E-state index contributed by atoms with van der Waals surface area (Å²) >= 11 is 0. The predicted octanol–water partition coefficient (Wildman–Crippen LogP) is 11.4. The van der Waals surface area contributed by atoms with Crippen LogP contribution in [-0.2, 0) is 18.4 Å². The number of carboxylic acid groups (broad SMARTS) is 1. The summed E-state index contributed by atoms with van der Waals surface area (Å²) in [5.74, 6) is -0.862. The summed E-state index contributed by atoms with van der Waals surface area (Å²) in [7, 11) is -4.75. The Kier molecular flexibility index (Phi) is 15.7. The Morgan fingerprint density at radius 1 is 0.981 bits per heavy atom. The molecule has 0 saturated carbocycles. The molecule has 0 amide bonds. The van der Waals surface area contributed by atoms with Crippen LogP contribution >= 0.6 is 0 Å². The van der Waals surface area contributed by atoms with Gasteiger partial charge in [-0.3, -0.25) is 9.59 Å². The van der Waals surface area contributed by atoms with E-state index < -0.39 is 46.1 Å². The van der Waals surface area contributed by atoms with E-state index in [9.17, 15) is 19.8 Å². The van der Waals surface area contributed by atoms with Crippen molar-refractivity contribution < 1.29 is 33.1 Å². The minimum atomic E-state index is -2.42. The number of carbonyl (C=O) groups excluding carboxylic acids is 1. The molecule has 5 atom stereocenters. The molecule has 0 spiro atoms. The van der Waals surface area contributed by atoms with Crippen molar-refractivity contribution in [2.24, 2.45) is 17.3 Å². The van der Waals surface area contributed by atoms with Gasteiger partial charge in [0.15, 0.2) is 28.1 Å². The van der Waals surface area contributed by atoms with Gasteiger partial charge in [-0.15, -0.1) is 6.58 Å². The summed E-state index contributed by atoms with van der Waals surface area (Å²) in [5.41, 5.74) is 2.39. The summed E-state index contributed by atoms with van der Waals surface area (Å²) in [6.07, 6.45) is 5.40. The maximum Gasteiger partial charge on any atom is 0.305 e. The first-order valence-electron chi connectivity index (χ1n) is 19.1. The van der Waals surface area contributed by atoms with Crippen LogP contribution in [0.15, 0.2) is 46.9 Å². The number of Topliss-reactive ketones (excluding diaryl/α,β-unsaturated/α-hetero) is 1. The molecule has 1 aromatic heterocycles. The number of aliphatic hydroxyl groups excluding tert-OH is 1. The molecule has 2 aromatic rings. The zero-order valence-electron chi connectivity index (χ0n) is 35.1. The number of rotatable bonds is 20. The molecule has 52 heavy (non-hydrogen) atoms. The largest absolute Gasteiger partial charge is 0.481 e. The van der Waals surface area contributed by atoms with E-state index in [0.717, 1.165) is 30.3 Å². The monoisotopic (exact) mass is 757 g/mol. The fourth-order valence-corrected chi connectivity index (χ4v) is 9.01. The van der Waals surface area contributed by atoms with E-state index in [1.165, 1.54) is 5.57 Å². The number of nitrogens with zero attached hydrogens (tertiary/aromatic N) is 1. The van der Waals surface area contributed by atoms with Crippen LogP contribution in [-0.4, -0.2) is 55.8 Å². The van der Waals surface area contributed by atoms with Crippen LogP contribution in [0.4, 0.5) is 0 Å². The lowest BCUT2D eigenvalue weighted by atomic mass is 9.71. The normalized spacial score (nSPS) is 16.7. The number of hydrogen-bond acceptors (Lipinski definition) is 7. The van der Waals surface area contributed by atoms with Crippen LogP contribution in [0.2, 0.25) is 36.3 Å². The highest BCUT2D eigenvalue weighted by molar-refractivity contribution is 6.74. The number of oxazole rings is 1. The SMILES string of the molecule is C=CC[C@@H](C(=O)C(C)(C)[C@H](CC(=O)O)O[Si](C)(C)C(C)(C)C)[C@@H](O[Si](C)(C)C(C)(C)C)[C@@H](C)CCC/C(C)=C/C[C@H](O)c1ccc2oc(C)nc2c1. The molecule has 0 aliphatic carbocycles. The van der Waals surface area contributed by atoms with Crippen molar-refractivity contribution in [1.82, 2.24) is 4.98 Å². The van der Waals surface area contributed by atoms with Crippen molar-refractivity contribution >= 4 is 39.5 Å². The van der Waals surface area contributed by atoms with Crippen LogP contribution in [0.25, 0.3) is 11.1 Å². The fraction of sp³-hybridized carbons (Fsp3) is 0.690. The van der Waals surface area contributed by atoms with Crippen LogP contribution in [0.3, 0.4) is 0 Å². The molecule has 10 heteroatoms. The number of benzene rings is 1. The van der Waals surface area contributed by atoms with Crippen LogP contribution in [0, 0.1) is 24.2 Å². The molecule has 0 radical (unpaired) electrons. The summed E-state index contributed by atoms with van der Waals surface area (Å²) < 4.78 is 19.5. The highest BCUT2D eigenvalue weighted by atomic mass is 28.4. The number of ketones is 1. The number of aliphatic hydroxyl groups is 1. The van der Waals surface area contributed by atoms with Crippen molar-refractivity contribution in [3.63, 3.8) is 0 Å². The molecule has 0 unspecified atom stereocenters. The number of aryl methyl sites for hydroxylation is 1. The number of fused-ring (bicyclic) bond motifs is 1. The van der Waals surface area contributed by atoms with E-state index in [2.05, 4.69) is 99.2 Å². The van der Waals surface area contributed by atoms with Gasteiger partial charge in [-0.25, -0.2) is 4.98 Å². The van der Waals surface area contributed by atoms with Gasteiger partial charge in [-0.2, -0.15) is 0 Å². The minimum Gasteiger partial charge on any atom is -0.481 e. The molecule has 1 aromatic carbocycles. The summed E-state index contributed by atoms with van der Waals surface area (Å²) in [5, 5.41) is 20.7. The molecule has 294 valence electrons. The van der Waals surface area contributed by atoms with Gasteiger partial charge in [0, 0.05) is 18.3 Å². The zero-order valence-corrected chi connectivity index (χ0v) is 37.1. The third-order valence-corrected chi connectivity index (χ3v) is 20.8. The average molecular weight is 758 g/mol. The minimum absolute atomic E-state index is 0.0306. The molecule has 0 aliphatic heterocycles. The van der Waals surface area contributed by atoms with E-state index in [1.54, 1.807) is 6.08 Å². The third-order valence-electron chi connectivity index (χ3n) is 11.8. The fourth-order valence-electron chi connectivity index (χ4n) is 6.14. The van der Waals surface area contributed by atoms with Crippen LogP contribution in [0.5, 0.6) is 0 Å². The van der Waals surface area contributed by atoms with E-state index in [0.29, 0.717) is 24.3 Å². The average Bonchev–Trinajstić information content (AvgIpc) is 3.38. The lowest BCUT2D eigenvalue weighted by Gasteiger charge is -2.47. The molecule has 2 rings (SSSR count). The highest BCUT2D eigenvalue weighted by Gasteiger charge is 2.50. The maximum atomic E-state index is 14.9. The lowest BCUT2D eigenvalue weighted by molar-refractivity contribution is -0.146. The lowest BCUT2D eigenvalue weighted by Crippen LogP contribution is -2.55. The quantitative estimate of drug-likeness (QED) is 0.101. The van der Waals surface area contributed by atoms with Gasteiger partial charge < -0.3 is 23.5 Å². The van der Waals surface area contributed by atoms with Gasteiger partial charge in [0.2, 0.25) is 0 Å². The Bertz CT molecular complexity index is 1540. The molecule has 0 bridgehead atoms. The zero-order chi connectivity index (χ0) is 40.0. The number of allylic oxidation sites excluding steroid dienone is 2. The van der Waals surface area contributed by atoms with Gasteiger partial charge in [-0.1, -0.05) is 86.1 Å². The summed E-state index contributed by atoms with van der Waals surface area (Å²) in [6, 6.07) is 5.62. The van der Waals surface area contributed by atoms with Crippen LogP contribution in [0.1, 0.15) is 125 Å². The summed E-state index contributed by atoms with van der Waals surface area (Å²) in [6.45, 7) is 35.5. The van der Waals surface area contributed by atoms with Gasteiger partial charge in [0.1, 0.15) is 11.3 Å². The Morgan fingerprint density at radius 2 is 1.56 bits per heavy atom. The number of aliphatic carboxylic acids is 1. The van der Waals surface area contributed by atoms with Crippen molar-refractivity contribution in [2.45, 2.75) is 169 Å². The molecule has 0 aliphatic rings. The maximum absolute atomic E-state index is 14.9. The van der Waals surface area contributed by atoms with Gasteiger partial charge >= 0.3 is 5.97 Å². The Morgan fingerprint density at radius 3 is 2.10 bits per heavy atom. The Hall–Kier alpha value is -2.38. The number of hydrogen-bond donors (Lipinski definition) is 2. The first-order chi connectivity index (χ1) is 23.6. The van der Waals surface area contributed by atoms with Crippen molar-refractivity contribution in [1.29, 1.82) is 0 Å². The predicted molar refractivity (Wildman–Crippen MR) is 219 cm³/mol. The van der Waals surface area contributed by atoms with Gasteiger partial charge in [0.25, 0.3) is 0 Å². The molecule has 2 N–H and O–H groups in total. The second kappa shape index (κ2) is 17.8. The Balaban J connectivity index is 2.34. The standard InChI is InChI=1S/C42H71NO7Si2/c1-17-19-32(39(47)42(11,12)36(27-37(45)46)49-51(13,14)40(5,6)7)38(50-52(15,16)41(8,9)10)29(3)21-18-20-28(2)22-24-34(44)31-23-25-35-33(26-31)43-30(4)48-35/h17,22-23,25-26,29,32,34,36,38,44H,1,18-21,24,27H2,2-16H3,(H,45,46)/b28-22+/t29-,32+,34-,36-,38-/m0/s1. The van der Waals surface area contributed by atoms with Gasteiger partial charge in [0.05, 0.1) is 24.7 Å². The highest BCUT2D eigenvalue weighted by Crippen LogP contribution is 2.45. The molecule has 8 nitrogen and oxygen atoms in total. The number of carbonyl (C=O) groups is 2. The van der Waals surface area contributed by atoms with Gasteiger partial charge in [-0.05, 0) is 98.9 Å². The number of carboxylic acids is 1. The van der Waals surface area contributed by atoms with E-state index >= 15 is 0 Å². The van der Waals surface area contributed by atoms with Crippen molar-refractivity contribution in [2.75, 3.05) is 0 Å². The topological polar surface area (TPSA) is 119 Å². The molecule has 1 heterocycles. The van der Waals surface area contributed by atoms with Crippen molar-refractivity contribution in [3.05, 3.63) is 54.0 Å². The van der Waals surface area contributed by atoms with E-state index in [1.807, 2.05) is 39.0 Å².